The van der Waals surface area contributed by atoms with E-state index in [1.54, 1.807) is 6.08 Å². The molecule has 3 unspecified atom stereocenters. The number of aldehydes is 1. The van der Waals surface area contributed by atoms with Crippen molar-refractivity contribution in [3.8, 4) is 0 Å². The molecule has 0 aliphatic carbocycles. The van der Waals surface area contributed by atoms with Gasteiger partial charge in [-0.2, -0.15) is 0 Å². The Morgan fingerprint density at radius 2 is 2.45 bits per heavy atom. The first-order valence-corrected chi connectivity index (χ1v) is 3.64. The van der Waals surface area contributed by atoms with Gasteiger partial charge in [0.05, 0.1) is 6.10 Å². The molecule has 0 aromatic heterocycles. The number of hydrogen-bond acceptors (Lipinski definition) is 3. The van der Waals surface area contributed by atoms with Gasteiger partial charge in [-0.15, -0.1) is 0 Å². The molecule has 2 bridgehead atoms. The van der Waals surface area contributed by atoms with Gasteiger partial charge in [0.25, 0.3) is 0 Å². The Bertz CT molecular complexity index is 231. The third-order valence-corrected chi connectivity index (χ3v) is 2.17. The lowest BCUT2D eigenvalue weighted by Gasteiger charge is -2.12. The lowest BCUT2D eigenvalue weighted by Crippen LogP contribution is -2.23. The summed E-state index contributed by atoms with van der Waals surface area (Å²) >= 11 is 0. The smallest absolute Gasteiger partial charge is 0.184 e. The summed E-state index contributed by atoms with van der Waals surface area (Å²) in [6.07, 6.45) is 4.12. The van der Waals surface area contributed by atoms with Crippen LogP contribution in [0.4, 0.5) is 0 Å². The van der Waals surface area contributed by atoms with Crippen molar-refractivity contribution in [1.29, 1.82) is 0 Å². The summed E-state index contributed by atoms with van der Waals surface area (Å²) in [6.45, 7) is 0. The summed E-state index contributed by atoms with van der Waals surface area (Å²) in [5.74, 6) is -0.117. The van der Waals surface area contributed by atoms with Crippen molar-refractivity contribution in [1.82, 2.24) is 0 Å². The molecule has 0 aromatic rings. The predicted molar refractivity (Wildman–Crippen MR) is 37.0 cm³/mol. The zero-order chi connectivity index (χ0) is 7.84. The second kappa shape index (κ2) is 2.27. The first-order valence-electron chi connectivity index (χ1n) is 3.64. The van der Waals surface area contributed by atoms with Crippen LogP contribution in [0.5, 0.6) is 0 Å². The average Bonchev–Trinajstić information content (AvgIpc) is 2.37. The van der Waals surface area contributed by atoms with Crippen LogP contribution < -0.4 is 0 Å². The Morgan fingerprint density at radius 3 is 3.09 bits per heavy atom. The van der Waals surface area contributed by atoms with Crippen LogP contribution in [0.3, 0.4) is 0 Å². The molecule has 58 valence electrons. The second-order valence-electron chi connectivity index (χ2n) is 2.89. The van der Waals surface area contributed by atoms with Gasteiger partial charge in [0.15, 0.2) is 5.78 Å². The van der Waals surface area contributed by atoms with Crippen molar-refractivity contribution >= 4 is 12.1 Å². The number of carbonyl (C=O) groups is 2. The van der Waals surface area contributed by atoms with Crippen LogP contribution in [0.1, 0.15) is 6.42 Å². The highest BCUT2D eigenvalue weighted by atomic mass is 16.5. The van der Waals surface area contributed by atoms with E-state index in [0.717, 1.165) is 6.29 Å². The number of fused-ring (bicyclic) bond motifs is 2. The maximum Gasteiger partial charge on any atom is 0.184 e. The van der Waals surface area contributed by atoms with E-state index in [1.807, 2.05) is 0 Å². The minimum absolute atomic E-state index is 0.00870. The monoisotopic (exact) mass is 152 g/mol. The zero-order valence-electron chi connectivity index (χ0n) is 5.90. The highest BCUT2D eigenvalue weighted by molar-refractivity contribution is 5.95. The van der Waals surface area contributed by atoms with E-state index in [4.69, 9.17) is 4.74 Å². The molecule has 0 saturated carbocycles. The molecule has 2 rings (SSSR count). The second-order valence-corrected chi connectivity index (χ2v) is 2.89. The molecule has 1 fully saturated rings. The standard InChI is InChI=1S/C8H8O3/c9-4-5-3-8-6(10)1-2-7(5)11-8/h1-2,4-5,7-8H,3H2. The molecule has 3 heteroatoms. The SMILES string of the molecule is O=CC1CC2OC1C=CC2=O. The van der Waals surface area contributed by atoms with Crippen molar-refractivity contribution in [2.75, 3.05) is 0 Å². The lowest BCUT2D eigenvalue weighted by atomic mass is 10.0. The first-order chi connectivity index (χ1) is 5.31. The molecule has 11 heavy (non-hydrogen) atoms. The van der Waals surface area contributed by atoms with Gasteiger partial charge in [-0.3, -0.25) is 4.79 Å². The van der Waals surface area contributed by atoms with Gasteiger partial charge in [0.2, 0.25) is 0 Å². The molecule has 0 N–H and O–H groups in total. The zero-order valence-corrected chi connectivity index (χ0v) is 5.90. The van der Waals surface area contributed by atoms with Crippen molar-refractivity contribution in [3.63, 3.8) is 0 Å². The van der Waals surface area contributed by atoms with Crippen LogP contribution in [-0.4, -0.2) is 24.3 Å². The van der Waals surface area contributed by atoms with Crippen LogP contribution in [0, 0.1) is 5.92 Å². The predicted octanol–water partition coefficient (Wildman–Crippen LogP) is 0.0979. The van der Waals surface area contributed by atoms with E-state index in [9.17, 15) is 9.59 Å². The Morgan fingerprint density at radius 1 is 1.64 bits per heavy atom. The molecule has 1 saturated heterocycles. The molecule has 2 aliphatic rings. The van der Waals surface area contributed by atoms with Gasteiger partial charge in [-0.05, 0) is 12.5 Å². The van der Waals surface area contributed by atoms with E-state index in [2.05, 4.69) is 0 Å². The van der Waals surface area contributed by atoms with Gasteiger partial charge >= 0.3 is 0 Å². The summed E-state index contributed by atoms with van der Waals surface area (Å²) in [4.78, 5) is 21.4. The third-order valence-electron chi connectivity index (χ3n) is 2.17. The quantitative estimate of drug-likeness (QED) is 0.500. The molecular formula is C8H8O3. The molecule has 2 heterocycles. The number of ether oxygens (including phenoxy) is 1. The molecule has 0 amide bonds. The fourth-order valence-corrected chi connectivity index (χ4v) is 1.53. The Kier molecular flexibility index (Phi) is 1.39. The largest absolute Gasteiger partial charge is 0.362 e. The Hall–Kier alpha value is -0.960. The number of ketones is 1. The van der Waals surface area contributed by atoms with Gasteiger partial charge < -0.3 is 9.53 Å². The third kappa shape index (κ3) is 0.922. The van der Waals surface area contributed by atoms with Crippen LogP contribution >= 0.6 is 0 Å². The van der Waals surface area contributed by atoms with Crippen LogP contribution in [-0.2, 0) is 14.3 Å². The van der Waals surface area contributed by atoms with Gasteiger partial charge in [0, 0.05) is 5.92 Å². The van der Waals surface area contributed by atoms with Crippen molar-refractivity contribution in [3.05, 3.63) is 12.2 Å². The molecule has 0 aromatic carbocycles. The minimum atomic E-state index is -0.347. The summed E-state index contributed by atoms with van der Waals surface area (Å²) in [5, 5.41) is 0. The number of hydrogen-bond donors (Lipinski definition) is 0. The lowest BCUT2D eigenvalue weighted by molar-refractivity contribution is -0.125. The van der Waals surface area contributed by atoms with E-state index in [0.29, 0.717) is 6.42 Å². The van der Waals surface area contributed by atoms with Crippen LogP contribution in [0.2, 0.25) is 0 Å². The average molecular weight is 152 g/mol. The first kappa shape index (κ1) is 6.73. The van der Waals surface area contributed by atoms with Crippen molar-refractivity contribution in [2.24, 2.45) is 5.92 Å². The Labute approximate surface area is 64.0 Å². The molecule has 3 nitrogen and oxygen atoms in total. The van der Waals surface area contributed by atoms with Crippen LogP contribution in [0.25, 0.3) is 0 Å². The van der Waals surface area contributed by atoms with E-state index in [-0.39, 0.29) is 23.9 Å². The van der Waals surface area contributed by atoms with E-state index >= 15 is 0 Å². The maximum atomic E-state index is 11.0. The maximum absolute atomic E-state index is 11.0. The summed E-state index contributed by atoms with van der Waals surface area (Å²) < 4.78 is 5.25. The van der Waals surface area contributed by atoms with Crippen LogP contribution in [0.15, 0.2) is 12.2 Å². The molecule has 0 radical (unpaired) electrons. The minimum Gasteiger partial charge on any atom is -0.362 e. The molecule has 0 spiro atoms. The van der Waals surface area contributed by atoms with Crippen molar-refractivity contribution in [2.45, 2.75) is 18.6 Å². The molecular weight excluding hydrogens is 144 g/mol. The fourth-order valence-electron chi connectivity index (χ4n) is 1.53. The number of rotatable bonds is 1. The van der Waals surface area contributed by atoms with E-state index in [1.165, 1.54) is 6.08 Å². The highest BCUT2D eigenvalue weighted by Gasteiger charge is 2.39. The number of carbonyl (C=O) groups excluding carboxylic acids is 2. The summed E-state index contributed by atoms with van der Waals surface area (Å²) in [7, 11) is 0. The normalized spacial score (nSPS) is 41.1. The Balaban J connectivity index is 2.25. The van der Waals surface area contributed by atoms with Gasteiger partial charge in [-0.1, -0.05) is 6.08 Å². The van der Waals surface area contributed by atoms with Gasteiger partial charge in [-0.25, -0.2) is 0 Å². The van der Waals surface area contributed by atoms with Crippen molar-refractivity contribution < 1.29 is 14.3 Å². The van der Waals surface area contributed by atoms with E-state index < -0.39 is 0 Å². The summed E-state index contributed by atoms with van der Waals surface area (Å²) in [5.41, 5.74) is 0. The molecule has 3 atom stereocenters. The topological polar surface area (TPSA) is 43.4 Å². The highest BCUT2D eigenvalue weighted by Crippen LogP contribution is 2.29. The fraction of sp³-hybridized carbons (Fsp3) is 0.500. The molecule has 2 aliphatic heterocycles. The van der Waals surface area contributed by atoms with Gasteiger partial charge in [0.1, 0.15) is 12.4 Å². The summed E-state index contributed by atoms with van der Waals surface area (Å²) in [6, 6.07) is 0.